The molecular formula is C16H19NO3. The number of carbonyl (C=O) groups is 2. The molecule has 0 amide bonds. The van der Waals surface area contributed by atoms with Crippen LogP contribution >= 0.6 is 0 Å². The second-order valence-corrected chi connectivity index (χ2v) is 5.32. The molecule has 1 aromatic heterocycles. The van der Waals surface area contributed by atoms with Crippen molar-refractivity contribution in [1.29, 1.82) is 0 Å². The van der Waals surface area contributed by atoms with Crippen molar-refractivity contribution in [2.24, 2.45) is 0 Å². The summed E-state index contributed by atoms with van der Waals surface area (Å²) < 4.78 is 7.20. The maximum Gasteiger partial charge on any atom is 0.335 e. The number of hydrogen-bond acceptors (Lipinski definition) is 3. The van der Waals surface area contributed by atoms with E-state index in [4.69, 9.17) is 4.74 Å². The van der Waals surface area contributed by atoms with Crippen molar-refractivity contribution < 1.29 is 14.3 Å². The summed E-state index contributed by atoms with van der Waals surface area (Å²) in [5.41, 5.74) is 3.71. The van der Waals surface area contributed by atoms with Crippen molar-refractivity contribution in [1.82, 2.24) is 4.57 Å². The highest BCUT2D eigenvalue weighted by atomic mass is 16.5. The zero-order chi connectivity index (χ0) is 14.1. The van der Waals surface area contributed by atoms with Gasteiger partial charge in [0, 0.05) is 29.6 Å². The van der Waals surface area contributed by atoms with Crippen LogP contribution in [0.3, 0.4) is 0 Å². The molecule has 0 radical (unpaired) electrons. The number of ether oxygens (including phenoxy) is 1. The normalized spacial score (nSPS) is 18.4. The molecule has 1 heterocycles. The predicted molar refractivity (Wildman–Crippen MR) is 75.4 cm³/mol. The van der Waals surface area contributed by atoms with Gasteiger partial charge in [0.1, 0.15) is 0 Å². The quantitative estimate of drug-likeness (QED) is 0.795. The van der Waals surface area contributed by atoms with Gasteiger partial charge in [-0.15, -0.1) is 0 Å². The molecule has 2 aliphatic rings. The number of aromatic nitrogens is 1. The molecule has 0 unspecified atom stereocenters. The summed E-state index contributed by atoms with van der Waals surface area (Å²) in [5.74, 6) is 0.0193. The summed E-state index contributed by atoms with van der Waals surface area (Å²) in [5, 5.41) is 0. The number of Topliss-reactive ketones (excluding diaryl/α,β-unsaturated/α-hetero) is 1. The van der Waals surface area contributed by atoms with Gasteiger partial charge >= 0.3 is 5.97 Å². The van der Waals surface area contributed by atoms with E-state index in [1.165, 1.54) is 0 Å². The number of ketones is 1. The Balaban J connectivity index is 2.02. The average Bonchev–Trinajstić information content (AvgIpc) is 3.05. The van der Waals surface area contributed by atoms with E-state index in [9.17, 15) is 9.59 Å². The molecule has 0 atom stereocenters. The number of carbonyl (C=O) groups excluding carboxylic acids is 2. The lowest BCUT2D eigenvalue weighted by Gasteiger charge is -2.16. The second-order valence-electron chi connectivity index (χ2n) is 5.32. The Morgan fingerprint density at radius 3 is 2.85 bits per heavy atom. The van der Waals surface area contributed by atoms with Gasteiger partial charge in [0.25, 0.3) is 0 Å². The first kappa shape index (κ1) is 13.2. The van der Waals surface area contributed by atoms with Crippen molar-refractivity contribution >= 4 is 17.4 Å². The van der Waals surface area contributed by atoms with Gasteiger partial charge in [-0.2, -0.15) is 0 Å². The summed E-state index contributed by atoms with van der Waals surface area (Å²) in [6.45, 7) is 2.22. The Bertz CT molecular complexity index is 595. The minimum Gasteiger partial charge on any atom is -0.463 e. The number of hydrogen-bond donors (Lipinski definition) is 0. The minimum absolute atomic E-state index is 0.204. The molecule has 0 saturated carbocycles. The van der Waals surface area contributed by atoms with Crippen LogP contribution in [0.5, 0.6) is 0 Å². The van der Waals surface area contributed by atoms with E-state index in [1.807, 2.05) is 19.2 Å². The summed E-state index contributed by atoms with van der Waals surface area (Å²) in [4.78, 5) is 23.9. The molecule has 20 heavy (non-hydrogen) atoms. The smallest absolute Gasteiger partial charge is 0.335 e. The molecule has 0 saturated heterocycles. The van der Waals surface area contributed by atoms with Crippen LogP contribution in [0, 0.1) is 0 Å². The zero-order valence-corrected chi connectivity index (χ0v) is 11.8. The van der Waals surface area contributed by atoms with Crippen LogP contribution in [-0.4, -0.2) is 22.9 Å². The topological polar surface area (TPSA) is 48.3 Å². The molecule has 0 N–H and O–H groups in total. The average molecular weight is 273 g/mol. The standard InChI is InChI=1S/C16H19NO3/c1-2-20-16(19)12-5-3-6-14(12)17-10-9-11-13(17)7-4-8-15(11)18/h9-10H,2-8H2,1H3. The van der Waals surface area contributed by atoms with Crippen LogP contribution < -0.4 is 0 Å². The van der Waals surface area contributed by atoms with Crippen LogP contribution in [0.15, 0.2) is 17.8 Å². The summed E-state index contributed by atoms with van der Waals surface area (Å²) in [7, 11) is 0. The van der Waals surface area contributed by atoms with E-state index in [0.717, 1.165) is 54.6 Å². The summed E-state index contributed by atoms with van der Waals surface area (Å²) in [6.07, 6.45) is 7.02. The molecule has 0 fully saturated rings. The van der Waals surface area contributed by atoms with Gasteiger partial charge in [-0.25, -0.2) is 4.79 Å². The Kier molecular flexibility index (Phi) is 3.47. The maximum absolute atomic E-state index is 12.0. The third-order valence-corrected chi connectivity index (χ3v) is 4.11. The van der Waals surface area contributed by atoms with E-state index in [2.05, 4.69) is 4.57 Å². The molecular weight excluding hydrogens is 254 g/mol. The van der Waals surface area contributed by atoms with E-state index in [0.29, 0.717) is 13.0 Å². The lowest BCUT2D eigenvalue weighted by atomic mass is 9.96. The van der Waals surface area contributed by atoms with Gasteiger partial charge in [0.15, 0.2) is 5.78 Å². The van der Waals surface area contributed by atoms with Crippen LogP contribution in [0.2, 0.25) is 0 Å². The third kappa shape index (κ3) is 2.09. The highest BCUT2D eigenvalue weighted by Gasteiger charge is 2.27. The molecule has 0 bridgehead atoms. The van der Waals surface area contributed by atoms with Crippen molar-refractivity contribution in [3.8, 4) is 0 Å². The van der Waals surface area contributed by atoms with Crippen LogP contribution in [0.25, 0.3) is 5.70 Å². The summed E-state index contributed by atoms with van der Waals surface area (Å²) >= 11 is 0. The van der Waals surface area contributed by atoms with Crippen LogP contribution in [0.1, 0.15) is 55.1 Å². The Labute approximate surface area is 118 Å². The fourth-order valence-electron chi connectivity index (χ4n) is 3.21. The molecule has 0 aliphatic heterocycles. The zero-order valence-electron chi connectivity index (χ0n) is 11.8. The Morgan fingerprint density at radius 1 is 1.25 bits per heavy atom. The molecule has 0 spiro atoms. The molecule has 1 aromatic rings. The van der Waals surface area contributed by atoms with Crippen LogP contribution in [0.4, 0.5) is 0 Å². The van der Waals surface area contributed by atoms with Crippen LogP contribution in [-0.2, 0) is 16.0 Å². The number of allylic oxidation sites excluding steroid dienone is 1. The van der Waals surface area contributed by atoms with E-state index in [1.54, 1.807) is 0 Å². The van der Waals surface area contributed by atoms with Crippen molar-refractivity contribution in [3.05, 3.63) is 29.1 Å². The Morgan fingerprint density at radius 2 is 2.05 bits per heavy atom. The fraction of sp³-hybridized carbons (Fsp3) is 0.500. The molecule has 3 rings (SSSR count). The highest BCUT2D eigenvalue weighted by molar-refractivity contribution is 5.99. The van der Waals surface area contributed by atoms with Crippen molar-refractivity contribution in [2.75, 3.05) is 6.61 Å². The number of fused-ring (bicyclic) bond motifs is 1. The van der Waals surface area contributed by atoms with E-state index < -0.39 is 0 Å². The molecule has 106 valence electrons. The van der Waals surface area contributed by atoms with Gasteiger partial charge in [-0.05, 0) is 45.1 Å². The predicted octanol–water partition coefficient (Wildman–Crippen LogP) is 2.97. The second kappa shape index (κ2) is 5.27. The van der Waals surface area contributed by atoms with Crippen molar-refractivity contribution in [3.63, 3.8) is 0 Å². The SMILES string of the molecule is CCOC(=O)C1=C(n2ccc3c2CCCC3=O)CCC1. The minimum atomic E-state index is -0.204. The largest absolute Gasteiger partial charge is 0.463 e. The Hall–Kier alpha value is -1.84. The number of rotatable bonds is 3. The third-order valence-electron chi connectivity index (χ3n) is 4.11. The van der Waals surface area contributed by atoms with Gasteiger partial charge < -0.3 is 9.30 Å². The van der Waals surface area contributed by atoms with Gasteiger partial charge in [-0.3, -0.25) is 4.79 Å². The van der Waals surface area contributed by atoms with E-state index in [-0.39, 0.29) is 11.8 Å². The molecule has 2 aliphatic carbocycles. The lowest BCUT2D eigenvalue weighted by Crippen LogP contribution is -2.14. The number of nitrogens with zero attached hydrogens (tertiary/aromatic N) is 1. The maximum atomic E-state index is 12.0. The number of esters is 1. The van der Waals surface area contributed by atoms with Gasteiger partial charge in [-0.1, -0.05) is 0 Å². The van der Waals surface area contributed by atoms with Crippen molar-refractivity contribution in [2.45, 2.75) is 45.4 Å². The molecule has 0 aromatic carbocycles. The van der Waals surface area contributed by atoms with Gasteiger partial charge in [0.05, 0.1) is 12.2 Å². The summed E-state index contributed by atoms with van der Waals surface area (Å²) in [6, 6.07) is 1.89. The lowest BCUT2D eigenvalue weighted by molar-refractivity contribution is -0.138. The fourth-order valence-corrected chi connectivity index (χ4v) is 3.21. The first-order valence-electron chi connectivity index (χ1n) is 7.35. The van der Waals surface area contributed by atoms with E-state index >= 15 is 0 Å². The monoisotopic (exact) mass is 273 g/mol. The molecule has 4 heteroatoms. The first-order valence-corrected chi connectivity index (χ1v) is 7.35. The highest BCUT2D eigenvalue weighted by Crippen LogP contribution is 2.34. The van der Waals surface area contributed by atoms with Gasteiger partial charge in [0.2, 0.25) is 0 Å². The first-order chi connectivity index (χ1) is 9.72. The molecule has 4 nitrogen and oxygen atoms in total.